The van der Waals surface area contributed by atoms with Crippen molar-refractivity contribution < 1.29 is 0 Å². The maximum Gasteiger partial charge on any atom is 0.252 e. The van der Waals surface area contributed by atoms with E-state index in [1.54, 1.807) is 0 Å². The monoisotopic (exact) mass is 1200 g/mol. The molecule has 19 rings (SSSR count). The molecule has 0 unspecified atom stereocenters. The molecule has 4 heteroatoms. The summed E-state index contributed by atoms with van der Waals surface area (Å²) in [6.45, 7) is 6.95. The van der Waals surface area contributed by atoms with Crippen molar-refractivity contribution in [3.63, 3.8) is 0 Å². The molecule has 0 atom stereocenters. The molecule has 0 saturated heterocycles. The SMILES string of the molecule is CC(C)(C)c1cc2c3c(c1)N(c1c(-c4ccccc4)cccc1-c1ccccc1)c1cc(-n4c5ccc6cccc7c8cccc9ccc4c(c98)c5c67)ccc1B3c1cc(-c3ccccc3)ccc1N2c1c(-c2ccccc2)cccc1-c1cccc(-c2ccccc2)c1. The number of rotatable bonds is 9. The second-order valence-corrected chi connectivity index (χ2v) is 26.7. The summed E-state index contributed by atoms with van der Waals surface area (Å²) in [6.07, 6.45) is 0. The van der Waals surface area contributed by atoms with Gasteiger partial charge in [0, 0.05) is 61.5 Å². The predicted octanol–water partition coefficient (Wildman–Crippen LogP) is 22.5. The minimum Gasteiger partial charge on any atom is -0.310 e. The van der Waals surface area contributed by atoms with Crippen LogP contribution >= 0.6 is 0 Å². The lowest BCUT2D eigenvalue weighted by atomic mass is 9.33. The fourth-order valence-corrected chi connectivity index (χ4v) is 16.2. The summed E-state index contributed by atoms with van der Waals surface area (Å²) < 4.78 is 2.58. The van der Waals surface area contributed by atoms with Crippen LogP contribution in [0.4, 0.5) is 34.1 Å². The Morgan fingerprint density at radius 1 is 0.277 bits per heavy atom. The van der Waals surface area contributed by atoms with Gasteiger partial charge in [-0.25, -0.2) is 0 Å². The summed E-state index contributed by atoms with van der Waals surface area (Å²) in [7, 11) is 0. The Hall–Kier alpha value is -11.7. The van der Waals surface area contributed by atoms with Gasteiger partial charge in [0.25, 0.3) is 6.71 Å². The van der Waals surface area contributed by atoms with E-state index in [4.69, 9.17) is 0 Å². The fraction of sp³-hybridized carbons (Fsp3) is 0.0444. The minimum atomic E-state index is -0.288. The molecule has 0 radical (unpaired) electrons. The normalized spacial score (nSPS) is 12.8. The van der Waals surface area contributed by atoms with Crippen LogP contribution in [0.3, 0.4) is 0 Å². The highest BCUT2D eigenvalue weighted by Gasteiger charge is 2.46. The van der Waals surface area contributed by atoms with E-state index in [-0.39, 0.29) is 12.1 Å². The average molecular weight is 1200 g/mol. The summed E-state index contributed by atoms with van der Waals surface area (Å²) in [5.74, 6) is 0. The largest absolute Gasteiger partial charge is 0.310 e. The van der Waals surface area contributed by atoms with Crippen molar-refractivity contribution in [2.45, 2.75) is 26.2 Å². The molecule has 0 amide bonds. The van der Waals surface area contributed by atoms with Crippen LogP contribution < -0.4 is 26.2 Å². The molecule has 2 aliphatic heterocycles. The number of fused-ring (bicyclic) bond motifs is 5. The summed E-state index contributed by atoms with van der Waals surface area (Å²) in [6, 6.07) is 121. The fourth-order valence-electron chi connectivity index (χ4n) is 16.2. The van der Waals surface area contributed by atoms with Crippen LogP contribution in [-0.2, 0) is 5.41 Å². The van der Waals surface area contributed by atoms with Crippen molar-refractivity contribution in [2.75, 3.05) is 9.80 Å². The van der Waals surface area contributed by atoms with Gasteiger partial charge < -0.3 is 14.4 Å². The van der Waals surface area contributed by atoms with Crippen molar-refractivity contribution in [2.24, 2.45) is 0 Å². The zero-order valence-electron chi connectivity index (χ0n) is 52.5. The van der Waals surface area contributed by atoms with Crippen molar-refractivity contribution in [3.8, 4) is 72.4 Å². The number of anilines is 6. The number of hydrogen-bond donors (Lipinski definition) is 0. The topological polar surface area (TPSA) is 11.4 Å². The summed E-state index contributed by atoms with van der Waals surface area (Å²) in [4.78, 5) is 5.38. The van der Waals surface area contributed by atoms with E-state index >= 15 is 0 Å². The van der Waals surface area contributed by atoms with Gasteiger partial charge in [0.05, 0.1) is 22.4 Å². The molecule has 2 aliphatic rings. The van der Waals surface area contributed by atoms with Gasteiger partial charge in [-0.2, -0.15) is 0 Å². The van der Waals surface area contributed by atoms with Gasteiger partial charge in [-0.3, -0.25) is 0 Å². The highest BCUT2D eigenvalue weighted by atomic mass is 15.2. The Balaban J connectivity index is 0.967. The lowest BCUT2D eigenvalue weighted by Gasteiger charge is -2.46. The molecule has 0 aliphatic carbocycles. The van der Waals surface area contributed by atoms with Crippen molar-refractivity contribution in [3.05, 3.63) is 327 Å². The van der Waals surface area contributed by atoms with E-state index in [1.807, 2.05) is 0 Å². The van der Waals surface area contributed by atoms with Gasteiger partial charge in [-0.05, 0) is 153 Å². The lowest BCUT2D eigenvalue weighted by molar-refractivity contribution is 0.590. The molecule has 3 nitrogen and oxygen atoms in total. The number of nitrogens with zero attached hydrogens (tertiary/aromatic N) is 3. The molecule has 440 valence electrons. The molecule has 16 aromatic carbocycles. The quantitative estimate of drug-likeness (QED) is 0.0811. The summed E-state index contributed by atoms with van der Waals surface area (Å²) in [5, 5.41) is 10.4. The highest BCUT2D eigenvalue weighted by molar-refractivity contribution is 7.00. The zero-order chi connectivity index (χ0) is 62.3. The molecule has 0 saturated carbocycles. The molecule has 0 N–H and O–H groups in total. The standard InChI is InChI=1S/C90H62BN3/c1-90(2,3)67-54-81-87-82(55-67)94(88-69(59-28-13-6-14-29-59)38-22-39-70(88)60-30-15-7-16-31-60)80-56-68(92-78-50-44-62-34-20-42-73-74-43-21-35-63-45-51-79(92)86(84(63)74)85(78)83(62)73)47-48-75(80)91(87)76-53-65(58-26-11-5-12-27-58)46-49-77(76)93(81)89-71(61-32-17-8-18-33-61)40-23-41-72(89)66-37-19-36-64(52-66)57-24-9-4-10-25-57/h4-56H,1-3H3. The Morgan fingerprint density at radius 3 is 1.20 bits per heavy atom. The molecule has 94 heavy (non-hydrogen) atoms. The maximum atomic E-state index is 2.71. The molecule has 0 fully saturated rings. The summed E-state index contributed by atoms with van der Waals surface area (Å²) >= 11 is 0. The molecule has 0 spiro atoms. The molecular formula is C90H62BN3. The predicted molar refractivity (Wildman–Crippen MR) is 401 cm³/mol. The third-order valence-corrected chi connectivity index (χ3v) is 20.4. The molecular weight excluding hydrogens is 1130 g/mol. The van der Waals surface area contributed by atoms with Gasteiger partial charge in [0.2, 0.25) is 0 Å². The Morgan fingerprint density at radius 2 is 0.702 bits per heavy atom. The van der Waals surface area contributed by atoms with Gasteiger partial charge in [-0.1, -0.05) is 294 Å². The van der Waals surface area contributed by atoms with E-state index in [0.717, 1.165) is 78.6 Å². The summed E-state index contributed by atoms with van der Waals surface area (Å²) in [5.41, 5.74) is 29.1. The van der Waals surface area contributed by atoms with Crippen LogP contribution in [0.25, 0.3) is 127 Å². The van der Waals surface area contributed by atoms with E-state index in [9.17, 15) is 0 Å². The van der Waals surface area contributed by atoms with Crippen LogP contribution in [0.1, 0.15) is 26.3 Å². The van der Waals surface area contributed by atoms with Crippen LogP contribution in [0.15, 0.2) is 322 Å². The smallest absolute Gasteiger partial charge is 0.252 e. The Bertz CT molecular complexity index is 5670. The molecule has 3 heterocycles. The number of benzene rings is 16. The Kier molecular flexibility index (Phi) is 12.0. The van der Waals surface area contributed by atoms with Crippen LogP contribution in [-0.4, -0.2) is 11.3 Å². The first kappa shape index (κ1) is 54.1. The van der Waals surface area contributed by atoms with E-state index in [0.29, 0.717) is 0 Å². The van der Waals surface area contributed by atoms with E-state index < -0.39 is 0 Å². The van der Waals surface area contributed by atoms with E-state index in [1.165, 1.54) is 104 Å². The third-order valence-electron chi connectivity index (χ3n) is 20.4. The molecule has 1 aromatic heterocycles. The lowest BCUT2D eigenvalue weighted by Crippen LogP contribution is -2.61. The number of para-hydroxylation sites is 2. The first-order chi connectivity index (χ1) is 46.3. The van der Waals surface area contributed by atoms with Gasteiger partial charge in [0.1, 0.15) is 0 Å². The first-order valence-electron chi connectivity index (χ1n) is 32.9. The van der Waals surface area contributed by atoms with Crippen molar-refractivity contribution in [1.29, 1.82) is 0 Å². The minimum absolute atomic E-state index is 0.203. The van der Waals surface area contributed by atoms with Crippen LogP contribution in [0.5, 0.6) is 0 Å². The second-order valence-electron chi connectivity index (χ2n) is 26.7. The third kappa shape index (κ3) is 8.19. The Labute approximate surface area is 548 Å². The van der Waals surface area contributed by atoms with Gasteiger partial charge >= 0.3 is 0 Å². The van der Waals surface area contributed by atoms with Gasteiger partial charge in [0.15, 0.2) is 0 Å². The average Bonchev–Trinajstić information content (AvgIpc) is 1.47. The first-order valence-corrected chi connectivity index (χ1v) is 32.9. The van der Waals surface area contributed by atoms with Crippen molar-refractivity contribution in [1.82, 2.24) is 4.57 Å². The maximum absolute atomic E-state index is 2.71. The van der Waals surface area contributed by atoms with Crippen LogP contribution in [0.2, 0.25) is 0 Å². The van der Waals surface area contributed by atoms with E-state index in [2.05, 4.69) is 357 Å². The number of hydrogen-bond acceptors (Lipinski definition) is 2. The highest BCUT2D eigenvalue weighted by Crippen LogP contribution is 2.55. The van der Waals surface area contributed by atoms with Crippen molar-refractivity contribution >= 4 is 111 Å². The second kappa shape index (κ2) is 20.9. The molecule has 17 aromatic rings. The van der Waals surface area contributed by atoms with Gasteiger partial charge in [-0.15, -0.1) is 0 Å². The van der Waals surface area contributed by atoms with Crippen LogP contribution in [0, 0.1) is 0 Å². The molecule has 0 bridgehead atoms. The number of aromatic nitrogens is 1. The zero-order valence-corrected chi connectivity index (χ0v) is 52.5.